The fourth-order valence-electron chi connectivity index (χ4n) is 6.26. The Labute approximate surface area is 393 Å². The van der Waals surface area contributed by atoms with Gasteiger partial charge in [-0.3, -0.25) is 9.36 Å². The van der Waals surface area contributed by atoms with Crippen molar-refractivity contribution in [1.29, 1.82) is 0 Å². The van der Waals surface area contributed by atoms with Crippen LogP contribution in [0.15, 0.2) is 122 Å². The lowest BCUT2D eigenvalue weighted by molar-refractivity contribution is -0.870. The van der Waals surface area contributed by atoms with Crippen LogP contribution in [0.5, 0.6) is 0 Å². The standard InChI is InChI=1S/C55H93N2O6P/c1-6-8-10-12-14-16-17-18-19-20-21-22-23-24-25-26-27-28-29-30-31-32-33-34-35-36-37-38-39-41-43-45-47-49-55(59)56-53(52-63-64(60,61)62-51-50-57(3,4)5)54(58)48-46-44-42-40-15-13-11-9-7-2/h8,10,14,16,18-19,21-22,24-25,27-28,30-31,33-34,36-37,46,48,53-54,58H,6-7,9,11-13,15,17,20,23,26,29,32,35,38-45,47,49-52H2,1-5H3,(H-,56,59,60,61)/b10-8-,16-14-,19-18-,22-21-,25-24-,28-27-,31-30-,34-33-,37-36-,48-46+. The van der Waals surface area contributed by atoms with Crippen molar-refractivity contribution in [3.8, 4) is 0 Å². The molecule has 0 saturated carbocycles. The van der Waals surface area contributed by atoms with Gasteiger partial charge < -0.3 is 28.8 Å². The minimum atomic E-state index is -4.60. The number of likely N-dealkylation sites (N-methyl/N-ethyl adjacent to an activating group) is 1. The third-order valence-corrected chi connectivity index (χ3v) is 11.1. The SMILES string of the molecule is CC/C=C\C/C=C\C/C=C\C/C=C\C/C=C\C/C=C\C/C=C\C/C=C\C/C=C\CCCCCCCC(=O)NC(COP(=O)([O-])OCC[N+](C)(C)C)C(O)/C=C/CCCCCCCCC. The second kappa shape index (κ2) is 45.1. The number of hydrogen-bond donors (Lipinski definition) is 2. The number of hydrogen-bond acceptors (Lipinski definition) is 6. The molecule has 0 aliphatic carbocycles. The molecule has 0 rings (SSSR count). The highest BCUT2D eigenvalue weighted by Gasteiger charge is 2.23. The number of nitrogens with one attached hydrogen (secondary N) is 1. The molecule has 9 heteroatoms. The lowest BCUT2D eigenvalue weighted by Crippen LogP contribution is -2.45. The maximum atomic E-state index is 12.8. The summed E-state index contributed by atoms with van der Waals surface area (Å²) >= 11 is 0. The van der Waals surface area contributed by atoms with Crippen LogP contribution < -0.4 is 10.2 Å². The van der Waals surface area contributed by atoms with E-state index in [1.165, 1.54) is 32.1 Å². The predicted octanol–water partition coefficient (Wildman–Crippen LogP) is 14.0. The molecule has 8 nitrogen and oxygen atoms in total. The van der Waals surface area contributed by atoms with Crippen molar-refractivity contribution in [1.82, 2.24) is 5.32 Å². The number of carbonyl (C=O) groups excluding carboxylic acids is 1. The van der Waals surface area contributed by atoms with Gasteiger partial charge in [-0.25, -0.2) is 0 Å². The van der Waals surface area contributed by atoms with Gasteiger partial charge >= 0.3 is 0 Å². The zero-order valence-electron chi connectivity index (χ0n) is 41.2. The van der Waals surface area contributed by atoms with Crippen molar-refractivity contribution < 1.29 is 32.9 Å². The minimum Gasteiger partial charge on any atom is -0.756 e. The summed E-state index contributed by atoms with van der Waals surface area (Å²) in [6.45, 7) is 4.45. The zero-order valence-corrected chi connectivity index (χ0v) is 42.1. The highest BCUT2D eigenvalue weighted by Crippen LogP contribution is 2.38. The number of unbranched alkanes of at least 4 members (excludes halogenated alkanes) is 12. The van der Waals surface area contributed by atoms with Gasteiger partial charge in [-0.15, -0.1) is 0 Å². The molecule has 0 aliphatic rings. The predicted molar refractivity (Wildman–Crippen MR) is 274 cm³/mol. The van der Waals surface area contributed by atoms with E-state index in [2.05, 4.69) is 129 Å². The molecule has 0 saturated heterocycles. The summed E-state index contributed by atoms with van der Waals surface area (Å²) in [5.74, 6) is -0.226. The highest BCUT2D eigenvalue weighted by atomic mass is 31.2. The molecule has 0 spiro atoms. The summed E-state index contributed by atoms with van der Waals surface area (Å²) in [5, 5.41) is 13.7. The molecule has 0 heterocycles. The molecule has 0 aromatic rings. The molecule has 364 valence electrons. The van der Waals surface area contributed by atoms with Crippen LogP contribution in [-0.4, -0.2) is 68.5 Å². The summed E-state index contributed by atoms with van der Waals surface area (Å²) in [6, 6.07) is -0.904. The molecular weight excluding hydrogens is 816 g/mol. The van der Waals surface area contributed by atoms with E-state index in [0.29, 0.717) is 17.4 Å². The molecular formula is C55H93N2O6P. The third kappa shape index (κ3) is 46.9. The van der Waals surface area contributed by atoms with Crippen LogP contribution in [0.25, 0.3) is 0 Å². The Morgan fingerprint density at radius 3 is 1.39 bits per heavy atom. The molecule has 0 aliphatic heterocycles. The summed E-state index contributed by atoms with van der Waals surface area (Å²) in [6.07, 6.45) is 67.0. The molecule has 2 N–H and O–H groups in total. The van der Waals surface area contributed by atoms with E-state index in [9.17, 15) is 19.4 Å². The number of phosphoric ester groups is 1. The smallest absolute Gasteiger partial charge is 0.268 e. The van der Waals surface area contributed by atoms with Gasteiger partial charge in [-0.1, -0.05) is 193 Å². The first-order chi connectivity index (χ1) is 31.0. The van der Waals surface area contributed by atoms with Crippen LogP contribution in [0.2, 0.25) is 0 Å². The Bertz CT molecular complexity index is 1450. The van der Waals surface area contributed by atoms with Crippen LogP contribution in [0.1, 0.15) is 168 Å². The van der Waals surface area contributed by atoms with Crippen molar-refractivity contribution in [3.05, 3.63) is 122 Å². The fraction of sp³-hybridized carbons (Fsp3) is 0.618. The van der Waals surface area contributed by atoms with Crippen LogP contribution in [0.3, 0.4) is 0 Å². The van der Waals surface area contributed by atoms with E-state index in [-0.39, 0.29) is 12.5 Å². The van der Waals surface area contributed by atoms with Gasteiger partial charge in [0.15, 0.2) is 0 Å². The summed E-state index contributed by atoms with van der Waals surface area (Å²) in [4.78, 5) is 25.3. The number of rotatable bonds is 43. The lowest BCUT2D eigenvalue weighted by Gasteiger charge is -2.29. The Balaban J connectivity index is 4.21. The fourth-order valence-corrected chi connectivity index (χ4v) is 6.98. The molecule has 3 unspecified atom stereocenters. The minimum absolute atomic E-state index is 0.0123. The molecule has 0 bridgehead atoms. The van der Waals surface area contributed by atoms with E-state index in [4.69, 9.17) is 9.05 Å². The Morgan fingerprint density at radius 2 is 0.953 bits per heavy atom. The van der Waals surface area contributed by atoms with E-state index in [1.807, 2.05) is 27.2 Å². The highest BCUT2D eigenvalue weighted by molar-refractivity contribution is 7.45. The van der Waals surface area contributed by atoms with E-state index in [0.717, 1.165) is 116 Å². The number of carbonyl (C=O) groups is 1. The second-order valence-electron chi connectivity index (χ2n) is 17.4. The van der Waals surface area contributed by atoms with Gasteiger partial charge in [0.2, 0.25) is 5.91 Å². The zero-order chi connectivity index (χ0) is 47.1. The molecule has 3 atom stereocenters. The van der Waals surface area contributed by atoms with Gasteiger partial charge in [0.1, 0.15) is 13.2 Å². The Kier molecular flexibility index (Phi) is 42.9. The average molecular weight is 909 g/mol. The molecule has 0 aromatic heterocycles. The first kappa shape index (κ1) is 60.9. The van der Waals surface area contributed by atoms with Crippen LogP contribution in [0, 0.1) is 0 Å². The number of amides is 1. The van der Waals surface area contributed by atoms with Gasteiger partial charge in [-0.2, -0.15) is 0 Å². The molecule has 64 heavy (non-hydrogen) atoms. The normalized spacial score (nSPS) is 15.2. The monoisotopic (exact) mass is 909 g/mol. The van der Waals surface area contributed by atoms with Crippen molar-refractivity contribution in [2.24, 2.45) is 0 Å². The molecule has 0 aromatic carbocycles. The average Bonchev–Trinajstić information content (AvgIpc) is 3.25. The van der Waals surface area contributed by atoms with E-state index in [1.54, 1.807) is 6.08 Å². The van der Waals surface area contributed by atoms with Crippen LogP contribution in [-0.2, 0) is 18.4 Å². The second-order valence-corrected chi connectivity index (χ2v) is 18.8. The number of aliphatic hydroxyl groups is 1. The quantitative estimate of drug-likeness (QED) is 0.0273. The summed E-state index contributed by atoms with van der Waals surface area (Å²) < 4.78 is 23.1. The largest absolute Gasteiger partial charge is 0.756 e. The van der Waals surface area contributed by atoms with E-state index >= 15 is 0 Å². The maximum Gasteiger partial charge on any atom is 0.268 e. The van der Waals surface area contributed by atoms with Crippen molar-refractivity contribution in [3.63, 3.8) is 0 Å². The Morgan fingerprint density at radius 1 is 0.562 bits per heavy atom. The van der Waals surface area contributed by atoms with Gasteiger partial charge in [0.25, 0.3) is 7.82 Å². The van der Waals surface area contributed by atoms with E-state index < -0.39 is 26.6 Å². The number of quaternary nitrogens is 1. The third-order valence-electron chi connectivity index (χ3n) is 10.2. The molecule has 0 fully saturated rings. The van der Waals surface area contributed by atoms with Crippen molar-refractivity contribution >= 4 is 13.7 Å². The number of phosphoric acid groups is 1. The number of allylic oxidation sites excluding steroid dienone is 19. The summed E-state index contributed by atoms with van der Waals surface area (Å²) in [5.41, 5.74) is 0. The van der Waals surface area contributed by atoms with Crippen molar-refractivity contribution in [2.75, 3.05) is 40.9 Å². The van der Waals surface area contributed by atoms with Gasteiger partial charge in [0, 0.05) is 6.42 Å². The maximum absolute atomic E-state index is 12.8. The first-order valence-corrected chi connectivity index (χ1v) is 26.4. The number of aliphatic hydroxyl groups excluding tert-OH is 1. The van der Waals surface area contributed by atoms with Crippen molar-refractivity contribution in [2.45, 2.75) is 180 Å². The number of nitrogens with zero attached hydrogens (tertiary/aromatic N) is 1. The van der Waals surface area contributed by atoms with Crippen LogP contribution in [0.4, 0.5) is 0 Å². The Hall–Kier alpha value is -3.10. The van der Waals surface area contributed by atoms with Crippen LogP contribution >= 0.6 is 7.82 Å². The first-order valence-electron chi connectivity index (χ1n) is 24.9. The van der Waals surface area contributed by atoms with Gasteiger partial charge in [0.05, 0.1) is 39.9 Å². The molecule has 1 amide bonds. The summed E-state index contributed by atoms with van der Waals surface area (Å²) in [7, 11) is 1.22. The topological polar surface area (TPSA) is 108 Å². The lowest BCUT2D eigenvalue weighted by atomic mass is 10.1. The molecule has 0 radical (unpaired) electrons. The van der Waals surface area contributed by atoms with Gasteiger partial charge in [-0.05, 0) is 89.9 Å².